The van der Waals surface area contributed by atoms with E-state index in [4.69, 9.17) is 16.2 Å². The topological polar surface area (TPSA) is 473 Å². The number of H-pyrrole nitrogens is 2. The van der Waals surface area contributed by atoms with Gasteiger partial charge in [0, 0.05) is 50.6 Å². The highest BCUT2D eigenvalue weighted by Gasteiger charge is 2.43. The first-order chi connectivity index (χ1) is 50.2. The number of primary amides is 1. The van der Waals surface area contributed by atoms with E-state index in [1.165, 1.54) is 31.3 Å². The van der Waals surface area contributed by atoms with Crippen molar-refractivity contribution in [2.75, 3.05) is 19.8 Å². The molecular formula is C76H100FN13O16. The second kappa shape index (κ2) is 40.3. The summed E-state index contributed by atoms with van der Waals surface area (Å²) in [5, 5.41) is 75.6. The van der Waals surface area contributed by atoms with Crippen molar-refractivity contribution < 1.29 is 82.3 Å². The number of rotatable bonds is 46. The fraction of sp³-hybridized carbons (Fsp3) is 0.487. The van der Waals surface area contributed by atoms with Crippen LogP contribution in [0.3, 0.4) is 0 Å². The van der Waals surface area contributed by atoms with Gasteiger partial charge in [-0.05, 0) is 157 Å². The molecule has 0 fully saturated rings. The van der Waals surface area contributed by atoms with Gasteiger partial charge in [-0.3, -0.25) is 57.8 Å². The number of carbonyl (C=O) groups is 11. The smallest absolute Gasteiger partial charge is 0.305 e. The molecule has 29 nitrogen and oxygen atoms in total. The van der Waals surface area contributed by atoms with Crippen molar-refractivity contribution in [1.82, 2.24) is 57.4 Å². The predicted octanol–water partition coefficient (Wildman–Crippen LogP) is 3.66. The molecule has 30 heteroatoms. The molecule has 6 rings (SSSR count). The summed E-state index contributed by atoms with van der Waals surface area (Å²) in [5.74, 6) is -13.9. The first-order valence-corrected chi connectivity index (χ1v) is 35.4. The molecule has 0 unspecified atom stereocenters. The van der Waals surface area contributed by atoms with Gasteiger partial charge in [0.2, 0.25) is 35.4 Å². The SMILES string of the molecule is CCc1cc(OCCCCN)ccc1-c1ccc(C[C@H](CC(=O)[C@H](CC(=O)O)NC(=O)[C@H](CO)CC(=O)[C@@H](NC(=O)[C@@](C)(CC(=O)[C@@H](NC(=O)CCC(=O)[C@H](Cc2nn[nH]n2)NC(=O)C(C)(C)c2ccn[nH]2)[C@@H](C)O)Cc2ccccc2F)[C@@H](C)O)C(=O)N[C@@H](CCCc2cc(C)cc(C)c2)C(N)=O)cc1. The molecule has 0 aliphatic carbocycles. The number of aryl methyl sites for hydroxylation is 4. The molecule has 2 heterocycles. The Morgan fingerprint density at radius 2 is 1.33 bits per heavy atom. The van der Waals surface area contributed by atoms with Gasteiger partial charge >= 0.3 is 5.97 Å². The Hall–Kier alpha value is -10.3. The molecule has 10 atom stereocenters. The van der Waals surface area contributed by atoms with Crippen molar-refractivity contribution in [1.29, 1.82) is 0 Å². The third kappa shape index (κ3) is 25.2. The number of benzene rings is 4. The number of Topliss-reactive ketones (excluding diaryl/α,β-unsaturated/α-hetero) is 4. The zero-order valence-electron chi connectivity index (χ0n) is 61.2. The van der Waals surface area contributed by atoms with Crippen LogP contribution in [0.25, 0.3) is 11.1 Å². The Kier molecular flexibility index (Phi) is 32.1. The first-order valence-electron chi connectivity index (χ1n) is 35.4. The first kappa shape index (κ1) is 84.6. The van der Waals surface area contributed by atoms with Crippen molar-refractivity contribution >= 4 is 64.5 Å². The van der Waals surface area contributed by atoms with Crippen LogP contribution in [0.1, 0.15) is 151 Å². The highest BCUT2D eigenvalue weighted by Crippen LogP contribution is 2.33. The number of aromatic amines is 2. The van der Waals surface area contributed by atoms with Gasteiger partial charge in [0.1, 0.15) is 29.7 Å². The third-order valence-electron chi connectivity index (χ3n) is 18.6. The van der Waals surface area contributed by atoms with Gasteiger partial charge in [-0.2, -0.15) is 10.3 Å². The summed E-state index contributed by atoms with van der Waals surface area (Å²) in [4.78, 5) is 153. The quantitative estimate of drug-likeness (QED) is 0.0243. The molecule has 0 saturated heterocycles. The number of amides is 6. The van der Waals surface area contributed by atoms with Crippen LogP contribution in [0.15, 0.2) is 97.2 Å². The summed E-state index contributed by atoms with van der Waals surface area (Å²) in [6.45, 7) is 12.6. The van der Waals surface area contributed by atoms with E-state index in [1.807, 2.05) is 69.3 Å². The number of tetrazole rings is 1. The normalized spacial score (nSPS) is 14.6. The maximum atomic E-state index is 15.5. The number of nitrogens with zero attached hydrogens (tertiary/aromatic N) is 4. The molecule has 106 heavy (non-hydrogen) atoms. The van der Waals surface area contributed by atoms with Crippen LogP contribution in [0.2, 0.25) is 0 Å². The average Bonchev–Trinajstić information content (AvgIpc) is 0.909. The van der Waals surface area contributed by atoms with Crippen LogP contribution in [0.4, 0.5) is 4.39 Å². The monoisotopic (exact) mass is 1470 g/mol. The van der Waals surface area contributed by atoms with Crippen molar-refractivity contribution in [2.45, 2.75) is 200 Å². The van der Waals surface area contributed by atoms with Crippen molar-refractivity contribution in [3.63, 3.8) is 0 Å². The van der Waals surface area contributed by atoms with E-state index in [0.717, 1.165) is 66.1 Å². The lowest BCUT2D eigenvalue weighted by atomic mass is 9.76. The van der Waals surface area contributed by atoms with Crippen molar-refractivity contribution in [3.8, 4) is 16.9 Å². The third-order valence-corrected chi connectivity index (χ3v) is 18.6. The van der Waals surface area contributed by atoms with Gasteiger partial charge < -0.3 is 63.2 Å². The van der Waals surface area contributed by atoms with Crippen LogP contribution in [-0.4, -0.2) is 178 Å². The number of ether oxygens (including phenoxy) is 1. The van der Waals surface area contributed by atoms with Gasteiger partial charge in [0.15, 0.2) is 29.0 Å². The fourth-order valence-corrected chi connectivity index (χ4v) is 12.5. The van der Waals surface area contributed by atoms with E-state index in [1.54, 1.807) is 32.0 Å². The minimum Gasteiger partial charge on any atom is -0.494 e. The number of aromatic nitrogens is 6. The van der Waals surface area contributed by atoms with Gasteiger partial charge in [-0.15, -0.1) is 10.2 Å². The van der Waals surface area contributed by atoms with Crippen LogP contribution in [0, 0.1) is 36.9 Å². The van der Waals surface area contributed by atoms with Gasteiger partial charge in [0.25, 0.3) is 0 Å². The van der Waals surface area contributed by atoms with Crippen LogP contribution >= 0.6 is 0 Å². The summed E-state index contributed by atoms with van der Waals surface area (Å²) < 4.78 is 21.5. The molecule has 15 N–H and O–H groups in total. The van der Waals surface area contributed by atoms with Crippen molar-refractivity contribution in [3.05, 3.63) is 148 Å². The second-order valence-corrected chi connectivity index (χ2v) is 27.9. The molecule has 0 saturated carbocycles. The molecule has 0 aliphatic rings. The number of halogens is 1. The Bertz CT molecular complexity index is 3980. The predicted molar refractivity (Wildman–Crippen MR) is 387 cm³/mol. The number of aliphatic carboxylic acids is 1. The fourth-order valence-electron chi connectivity index (χ4n) is 12.5. The number of ketones is 4. The maximum absolute atomic E-state index is 15.5. The number of nitrogens with two attached hydrogens (primary N) is 2. The molecule has 4 aromatic carbocycles. The van der Waals surface area contributed by atoms with Gasteiger partial charge in [-0.25, -0.2) is 4.39 Å². The Balaban J connectivity index is 1.18. The minimum absolute atomic E-state index is 0.0603. The zero-order chi connectivity index (χ0) is 78.0. The lowest BCUT2D eigenvalue weighted by Crippen LogP contribution is -2.55. The second-order valence-electron chi connectivity index (χ2n) is 27.9. The molecule has 0 aliphatic heterocycles. The standard InChI is InChI=1S/C76H100FN13O16/c1-9-49-35-54(106-30-13-12-28-78)23-24-55(49)50-21-19-47(20-22-50)34-52(71(102)81-57(70(79)101)18-14-15-48-32-43(2)31-44(3)33-48)36-61(95)59(39-67(99)100)82-72(103)53(42-91)37-62(96)68(45(4)92)85-74(105)76(8,40-51-16-10-11-17-56(51)77)41-63(97)69(46(5)93)84-66(98)26-25-60(94)58(38-65-87-89-90-88-65)83-73(104)75(6,7)64-27-29-80-86-64/h10-11,16-17,19-24,27,29,31-33,35,45-46,52-53,57-59,68-69,91-93H,9,12-15,18,25-26,28,30,34,36-42,78H2,1-8H3,(H2,79,101)(H,80,86)(H,81,102)(H,82,103)(H,83,104)(H,84,98)(H,85,105)(H,99,100)(H,87,88,89,90)/t45-,46-,52-,53+,57+,58+,59+,68+,69+,76-/m1/s1. The summed E-state index contributed by atoms with van der Waals surface area (Å²) in [5.41, 5.74) is 15.0. The lowest BCUT2D eigenvalue weighted by Gasteiger charge is -2.33. The van der Waals surface area contributed by atoms with Gasteiger partial charge in [-0.1, -0.05) is 96.9 Å². The highest BCUT2D eigenvalue weighted by atomic mass is 19.1. The largest absolute Gasteiger partial charge is 0.494 e. The van der Waals surface area contributed by atoms with E-state index >= 15 is 4.39 Å². The number of carboxylic acid groups (broad SMARTS) is 1. The van der Waals surface area contributed by atoms with Crippen LogP contribution < -0.4 is 42.8 Å². The minimum atomic E-state index is -2.07. The molecule has 0 bridgehead atoms. The van der Waals surface area contributed by atoms with E-state index < -0.39 is 187 Å². The molecule has 6 aromatic rings. The Morgan fingerprint density at radius 1 is 0.670 bits per heavy atom. The summed E-state index contributed by atoms with van der Waals surface area (Å²) >= 11 is 0. The molecule has 2 aromatic heterocycles. The van der Waals surface area contributed by atoms with E-state index in [0.29, 0.717) is 49.4 Å². The number of carbonyl (C=O) groups excluding carboxylic acids is 10. The Labute approximate surface area is 614 Å². The lowest BCUT2D eigenvalue weighted by molar-refractivity contribution is -0.142. The van der Waals surface area contributed by atoms with E-state index in [-0.39, 0.29) is 30.7 Å². The van der Waals surface area contributed by atoms with Crippen LogP contribution in [0.5, 0.6) is 5.75 Å². The number of aliphatic hydroxyl groups excluding tert-OH is 3. The number of unbranched alkanes of at least 4 members (excludes halogenated alkanes) is 1. The number of aliphatic hydroxyl groups is 3. The molecule has 0 spiro atoms. The highest BCUT2D eigenvalue weighted by molar-refractivity contribution is 6.00. The number of carboxylic acids is 1. The molecule has 0 radical (unpaired) electrons. The van der Waals surface area contributed by atoms with Gasteiger partial charge in [0.05, 0.1) is 66.4 Å². The average molecular weight is 1470 g/mol. The van der Waals surface area contributed by atoms with E-state index in [9.17, 15) is 73.2 Å². The molecule has 572 valence electrons. The van der Waals surface area contributed by atoms with Crippen LogP contribution in [-0.2, 0) is 90.3 Å². The number of hydrogen-bond acceptors (Lipinski definition) is 20. The zero-order valence-corrected chi connectivity index (χ0v) is 61.2. The molecular weight excluding hydrogens is 1370 g/mol. The number of nitrogens with one attached hydrogen (secondary N) is 7. The molecule has 6 amide bonds. The summed E-state index contributed by atoms with van der Waals surface area (Å²) in [7, 11) is 0. The summed E-state index contributed by atoms with van der Waals surface area (Å²) in [6, 6.07) is 17.8. The maximum Gasteiger partial charge on any atom is 0.305 e. The van der Waals surface area contributed by atoms with E-state index in [2.05, 4.69) is 57.4 Å². The Morgan fingerprint density at radius 3 is 1.93 bits per heavy atom. The van der Waals surface area contributed by atoms with Crippen molar-refractivity contribution in [2.24, 2.45) is 28.7 Å². The number of hydrogen-bond donors (Lipinski definition) is 13. The summed E-state index contributed by atoms with van der Waals surface area (Å²) in [6.07, 6.45) is -4.17.